The average molecular weight is 248 g/mol. The van der Waals surface area contributed by atoms with Gasteiger partial charge >= 0.3 is 0 Å². The maximum Gasteiger partial charge on any atom is 0.205 e. The number of hydrogen-bond acceptors (Lipinski definition) is 4. The van der Waals surface area contributed by atoms with Gasteiger partial charge in [-0.3, -0.25) is 0 Å². The first-order valence-corrected chi connectivity index (χ1v) is 4.48. The van der Waals surface area contributed by atoms with Crippen molar-refractivity contribution in [1.82, 2.24) is 15.0 Å². The number of nitrogens with zero attached hydrogens (tertiary/aromatic N) is 1. The molecule has 2 radical (unpaired) electrons. The van der Waals surface area contributed by atoms with Gasteiger partial charge in [0, 0.05) is 65.7 Å². The van der Waals surface area contributed by atoms with Gasteiger partial charge in [0.1, 0.15) is 0 Å². The van der Waals surface area contributed by atoms with Crippen LogP contribution in [0, 0.1) is 9.54 Å². The Balaban J connectivity index is 0. The van der Waals surface area contributed by atoms with Gasteiger partial charge in [0.2, 0.25) is 10.7 Å². The van der Waals surface area contributed by atoms with Crippen molar-refractivity contribution < 1.29 is 0 Å². The van der Waals surface area contributed by atoms with Crippen LogP contribution < -0.4 is 5.32 Å². The molecule has 3 N–H and O–H groups in total. The van der Waals surface area contributed by atoms with E-state index in [4.69, 9.17) is 24.4 Å². The molecule has 0 atom stereocenters. The van der Waals surface area contributed by atoms with Crippen molar-refractivity contribution in [3.8, 4) is 0 Å². The topological polar surface area (TPSA) is 56.5 Å². The molecule has 0 aliphatic rings. The van der Waals surface area contributed by atoms with Gasteiger partial charge in [-0.05, 0) is 30.9 Å². The standard InChI is InChI=1S/C6H10N4S2.2Na/c1-2-3-7-4-8-5(11)10-6(12)9-4;;/h2-3H2,1H3,(H3,7,8,9,10,11,12);;. The Hall–Kier alpha value is 1.25. The van der Waals surface area contributed by atoms with Gasteiger partial charge in [-0.25, -0.2) is 0 Å². The van der Waals surface area contributed by atoms with E-state index in [1.165, 1.54) is 0 Å². The molecular formula is C6H10N4Na2S2. The molecule has 0 bridgehead atoms. The summed E-state index contributed by atoms with van der Waals surface area (Å²) in [6.07, 6.45) is 1.04. The summed E-state index contributed by atoms with van der Waals surface area (Å²) >= 11 is 9.72. The molecule has 0 saturated heterocycles. The second kappa shape index (κ2) is 9.47. The maximum atomic E-state index is 4.88. The van der Waals surface area contributed by atoms with Crippen LogP contribution in [0.15, 0.2) is 0 Å². The molecule has 1 heterocycles. The predicted octanol–water partition coefficient (Wildman–Crippen LogP) is 1.26. The molecule has 1 aromatic rings. The largest absolute Gasteiger partial charge is 0.356 e. The summed E-state index contributed by atoms with van der Waals surface area (Å²) in [5.74, 6) is 0.630. The van der Waals surface area contributed by atoms with Crippen LogP contribution in [0.1, 0.15) is 13.3 Å². The molecule has 0 aromatic carbocycles. The third-order valence-corrected chi connectivity index (χ3v) is 1.61. The Labute approximate surface area is 137 Å². The van der Waals surface area contributed by atoms with Crippen molar-refractivity contribution in [3.05, 3.63) is 9.54 Å². The van der Waals surface area contributed by atoms with Crippen LogP contribution in [0.25, 0.3) is 0 Å². The minimum absolute atomic E-state index is 0. The second-order valence-electron chi connectivity index (χ2n) is 2.27. The molecule has 0 amide bonds. The molecular weight excluding hydrogens is 238 g/mol. The molecule has 0 unspecified atom stereocenters. The van der Waals surface area contributed by atoms with Crippen molar-refractivity contribution >= 4 is 89.5 Å². The van der Waals surface area contributed by atoms with E-state index in [0.29, 0.717) is 15.5 Å². The zero-order valence-electron chi connectivity index (χ0n) is 8.68. The van der Waals surface area contributed by atoms with E-state index in [1.54, 1.807) is 0 Å². The molecule has 68 valence electrons. The first kappa shape index (κ1) is 17.6. The predicted molar refractivity (Wildman–Crippen MR) is 64.9 cm³/mol. The van der Waals surface area contributed by atoms with Gasteiger partial charge < -0.3 is 15.3 Å². The van der Waals surface area contributed by atoms with Crippen molar-refractivity contribution in [1.29, 1.82) is 0 Å². The van der Waals surface area contributed by atoms with Crippen molar-refractivity contribution in [3.63, 3.8) is 0 Å². The summed E-state index contributed by atoms with van der Waals surface area (Å²) in [4.78, 5) is 9.56. The third kappa shape index (κ3) is 6.68. The van der Waals surface area contributed by atoms with Gasteiger partial charge in [-0.1, -0.05) is 6.92 Å². The van der Waals surface area contributed by atoms with E-state index < -0.39 is 0 Å². The SMILES string of the molecule is CCCNc1nc(=S)[nH]c(=S)[nH]1.[Na].[Na]. The number of H-pyrrole nitrogens is 2. The van der Waals surface area contributed by atoms with Crippen molar-refractivity contribution in [2.45, 2.75) is 13.3 Å². The maximum absolute atomic E-state index is 4.88. The Morgan fingerprint density at radius 2 is 1.93 bits per heavy atom. The van der Waals surface area contributed by atoms with Gasteiger partial charge in [0.05, 0.1) is 0 Å². The molecule has 1 aromatic heterocycles. The molecule has 8 heteroatoms. The van der Waals surface area contributed by atoms with E-state index in [2.05, 4.69) is 27.2 Å². The number of rotatable bonds is 3. The van der Waals surface area contributed by atoms with Crippen molar-refractivity contribution in [2.75, 3.05) is 11.9 Å². The smallest absolute Gasteiger partial charge is 0.205 e. The van der Waals surface area contributed by atoms with Crippen LogP contribution in [-0.4, -0.2) is 80.6 Å². The van der Waals surface area contributed by atoms with Gasteiger partial charge in [0.25, 0.3) is 0 Å². The molecule has 0 saturated carbocycles. The van der Waals surface area contributed by atoms with Crippen molar-refractivity contribution in [2.24, 2.45) is 0 Å². The summed E-state index contributed by atoms with van der Waals surface area (Å²) in [6, 6.07) is 0. The van der Waals surface area contributed by atoms with E-state index in [0.717, 1.165) is 13.0 Å². The van der Waals surface area contributed by atoms with Gasteiger partial charge in [0.15, 0.2) is 4.77 Å². The summed E-state index contributed by atoms with van der Waals surface area (Å²) in [5.41, 5.74) is 0. The van der Waals surface area contributed by atoms with E-state index in [9.17, 15) is 0 Å². The fraction of sp³-hybridized carbons (Fsp3) is 0.500. The minimum Gasteiger partial charge on any atom is -0.356 e. The third-order valence-electron chi connectivity index (χ3n) is 1.21. The molecule has 0 aliphatic heterocycles. The Bertz CT molecular complexity index is 333. The molecule has 0 spiro atoms. The molecule has 14 heavy (non-hydrogen) atoms. The summed E-state index contributed by atoms with van der Waals surface area (Å²) in [7, 11) is 0. The number of nitrogens with one attached hydrogen (secondary N) is 3. The number of hydrogen-bond donors (Lipinski definition) is 3. The Kier molecular flexibility index (Phi) is 11.9. The van der Waals surface area contributed by atoms with Gasteiger partial charge in [-0.15, -0.1) is 0 Å². The summed E-state index contributed by atoms with van der Waals surface area (Å²) in [6.45, 7) is 2.93. The molecule has 4 nitrogen and oxygen atoms in total. The average Bonchev–Trinajstić information content (AvgIpc) is 1.99. The van der Waals surface area contributed by atoms with E-state index >= 15 is 0 Å². The normalized spacial score (nSPS) is 8.36. The first-order chi connectivity index (χ1) is 5.72. The summed E-state index contributed by atoms with van der Waals surface area (Å²) < 4.78 is 0.894. The Morgan fingerprint density at radius 1 is 1.29 bits per heavy atom. The van der Waals surface area contributed by atoms with Crippen LogP contribution in [0.4, 0.5) is 5.95 Å². The fourth-order valence-electron chi connectivity index (χ4n) is 0.720. The fourth-order valence-corrected chi connectivity index (χ4v) is 1.17. The van der Waals surface area contributed by atoms with Crippen LogP contribution >= 0.6 is 24.4 Å². The number of anilines is 1. The van der Waals surface area contributed by atoms with E-state index in [-0.39, 0.29) is 59.1 Å². The quantitative estimate of drug-likeness (QED) is 0.557. The van der Waals surface area contributed by atoms with E-state index in [1.807, 2.05) is 0 Å². The zero-order chi connectivity index (χ0) is 8.97. The van der Waals surface area contributed by atoms with Crippen LogP contribution in [0.2, 0.25) is 0 Å². The molecule has 0 fully saturated rings. The van der Waals surface area contributed by atoms with Crippen LogP contribution in [0.3, 0.4) is 0 Å². The number of aromatic nitrogens is 3. The number of aromatic amines is 2. The first-order valence-electron chi connectivity index (χ1n) is 3.67. The summed E-state index contributed by atoms with van der Waals surface area (Å²) in [5, 5.41) is 3.06. The van der Waals surface area contributed by atoms with Crippen LogP contribution in [-0.2, 0) is 0 Å². The molecule has 1 rings (SSSR count). The van der Waals surface area contributed by atoms with Gasteiger partial charge in [-0.2, -0.15) is 4.98 Å². The van der Waals surface area contributed by atoms with Crippen LogP contribution in [0.5, 0.6) is 0 Å². The molecule has 0 aliphatic carbocycles. The Morgan fingerprint density at radius 3 is 2.43 bits per heavy atom. The minimum atomic E-state index is 0. The second-order valence-corrected chi connectivity index (χ2v) is 3.07. The zero-order valence-corrected chi connectivity index (χ0v) is 14.3. The monoisotopic (exact) mass is 248 g/mol.